The third-order valence-electron chi connectivity index (χ3n) is 4.05. The van der Waals surface area contributed by atoms with E-state index in [-0.39, 0.29) is 17.7 Å². The van der Waals surface area contributed by atoms with Crippen molar-refractivity contribution in [3.8, 4) is 5.75 Å². The van der Waals surface area contributed by atoms with E-state index in [9.17, 15) is 18.4 Å². The van der Waals surface area contributed by atoms with E-state index in [0.717, 1.165) is 12.1 Å². The van der Waals surface area contributed by atoms with Crippen LogP contribution in [0.25, 0.3) is 0 Å². The lowest BCUT2D eigenvalue weighted by Gasteiger charge is -2.15. The Kier molecular flexibility index (Phi) is 6.27. The molecular weight excluding hydrogens is 344 g/mol. The molecule has 0 bridgehead atoms. The fourth-order valence-electron chi connectivity index (χ4n) is 2.61. The van der Waals surface area contributed by atoms with Gasteiger partial charge < -0.3 is 15.2 Å². The van der Waals surface area contributed by atoms with Crippen LogP contribution in [0.15, 0.2) is 36.4 Å². The highest BCUT2D eigenvalue weighted by molar-refractivity contribution is 5.88. The molecule has 0 saturated carbocycles. The molecule has 0 aliphatic heterocycles. The van der Waals surface area contributed by atoms with Crippen LogP contribution in [0.3, 0.4) is 0 Å². The summed E-state index contributed by atoms with van der Waals surface area (Å²) >= 11 is 0. The molecule has 2 N–H and O–H groups in total. The average molecular weight is 363 g/mol. The highest BCUT2D eigenvalue weighted by Gasteiger charge is 2.22. The zero-order valence-corrected chi connectivity index (χ0v) is 14.4. The van der Waals surface area contributed by atoms with Gasteiger partial charge in [-0.15, -0.1) is 0 Å². The second-order valence-electron chi connectivity index (χ2n) is 5.73. The topological polar surface area (TPSA) is 75.6 Å². The van der Waals surface area contributed by atoms with Crippen molar-refractivity contribution in [1.29, 1.82) is 0 Å². The Hall–Kier alpha value is -2.96. The number of amides is 1. The first-order chi connectivity index (χ1) is 12.3. The van der Waals surface area contributed by atoms with Crippen molar-refractivity contribution < 1.29 is 28.2 Å². The molecule has 2 aromatic rings. The van der Waals surface area contributed by atoms with E-state index in [1.54, 1.807) is 6.07 Å². The molecule has 0 heterocycles. The number of benzene rings is 2. The van der Waals surface area contributed by atoms with Gasteiger partial charge >= 0.3 is 5.97 Å². The van der Waals surface area contributed by atoms with E-state index in [1.165, 1.54) is 32.2 Å². The molecule has 0 radical (unpaired) electrons. The number of hydrogen-bond acceptors (Lipinski definition) is 3. The standard InChI is InChI=1S/C19H19F2NO4/c1-11(17-14(20)4-3-5-15(17)21)18(23)22-9-8-12-6-7-13(19(24)25)10-16(12)26-2/h3-7,10-11H,8-9H2,1-2H3,(H,22,23)(H,24,25). The van der Waals surface area contributed by atoms with Crippen molar-refractivity contribution in [3.63, 3.8) is 0 Å². The summed E-state index contributed by atoms with van der Waals surface area (Å²) in [5, 5.41) is 11.6. The second-order valence-corrected chi connectivity index (χ2v) is 5.73. The van der Waals surface area contributed by atoms with E-state index in [1.807, 2.05) is 0 Å². The number of hydrogen-bond donors (Lipinski definition) is 2. The van der Waals surface area contributed by atoms with Gasteiger partial charge in [0, 0.05) is 12.1 Å². The number of ether oxygens (including phenoxy) is 1. The van der Waals surface area contributed by atoms with Gasteiger partial charge in [0.2, 0.25) is 5.91 Å². The smallest absolute Gasteiger partial charge is 0.335 e. The van der Waals surface area contributed by atoms with Gasteiger partial charge in [0.05, 0.1) is 18.6 Å². The van der Waals surface area contributed by atoms with E-state index >= 15 is 0 Å². The molecule has 26 heavy (non-hydrogen) atoms. The highest BCUT2D eigenvalue weighted by atomic mass is 19.1. The summed E-state index contributed by atoms with van der Waals surface area (Å²) in [5.41, 5.74) is 0.536. The monoisotopic (exact) mass is 363 g/mol. The minimum absolute atomic E-state index is 0.0956. The molecule has 5 nitrogen and oxygen atoms in total. The molecule has 7 heteroatoms. The fraction of sp³-hybridized carbons (Fsp3) is 0.263. The zero-order valence-electron chi connectivity index (χ0n) is 14.4. The van der Waals surface area contributed by atoms with Crippen LogP contribution in [-0.2, 0) is 11.2 Å². The van der Waals surface area contributed by atoms with Crippen LogP contribution in [0.2, 0.25) is 0 Å². The molecule has 0 spiro atoms. The summed E-state index contributed by atoms with van der Waals surface area (Å²) in [4.78, 5) is 23.2. The maximum atomic E-state index is 13.8. The summed E-state index contributed by atoms with van der Waals surface area (Å²) in [6.07, 6.45) is 0.376. The van der Waals surface area contributed by atoms with Crippen LogP contribution >= 0.6 is 0 Å². The third-order valence-corrected chi connectivity index (χ3v) is 4.05. The normalized spacial score (nSPS) is 11.7. The van der Waals surface area contributed by atoms with Gasteiger partial charge in [-0.3, -0.25) is 4.79 Å². The van der Waals surface area contributed by atoms with Crippen LogP contribution in [0.5, 0.6) is 5.75 Å². The molecule has 1 unspecified atom stereocenters. The Morgan fingerprint density at radius 2 is 1.85 bits per heavy atom. The number of methoxy groups -OCH3 is 1. The number of aromatic carboxylic acids is 1. The van der Waals surface area contributed by atoms with Gasteiger partial charge in [-0.2, -0.15) is 0 Å². The second kappa shape index (κ2) is 8.42. The van der Waals surface area contributed by atoms with Crippen LogP contribution < -0.4 is 10.1 Å². The first kappa shape index (κ1) is 19.4. The molecule has 138 valence electrons. The number of rotatable bonds is 7. The number of carboxylic acids is 1. The molecule has 0 saturated heterocycles. The van der Waals surface area contributed by atoms with Crippen molar-refractivity contribution in [2.24, 2.45) is 0 Å². The van der Waals surface area contributed by atoms with Crippen molar-refractivity contribution in [1.82, 2.24) is 5.32 Å². The van der Waals surface area contributed by atoms with Gasteiger partial charge in [0.1, 0.15) is 17.4 Å². The van der Waals surface area contributed by atoms with E-state index < -0.39 is 29.4 Å². The first-order valence-electron chi connectivity index (χ1n) is 7.97. The number of carbonyl (C=O) groups is 2. The third kappa shape index (κ3) is 4.36. The van der Waals surface area contributed by atoms with Crippen molar-refractivity contribution in [2.75, 3.05) is 13.7 Å². The summed E-state index contributed by atoms with van der Waals surface area (Å²) in [5.74, 6) is -3.68. The van der Waals surface area contributed by atoms with Crippen LogP contribution in [0.4, 0.5) is 8.78 Å². The van der Waals surface area contributed by atoms with Gasteiger partial charge in [-0.1, -0.05) is 12.1 Å². The number of carboxylic acid groups (broad SMARTS) is 1. The Morgan fingerprint density at radius 3 is 2.42 bits per heavy atom. The largest absolute Gasteiger partial charge is 0.496 e. The molecule has 2 aromatic carbocycles. The molecule has 2 rings (SSSR count). The van der Waals surface area contributed by atoms with Crippen molar-refractivity contribution >= 4 is 11.9 Å². The maximum Gasteiger partial charge on any atom is 0.335 e. The Bertz CT molecular complexity index is 803. The Morgan fingerprint density at radius 1 is 1.19 bits per heavy atom. The van der Waals surface area contributed by atoms with Gasteiger partial charge in [-0.25, -0.2) is 13.6 Å². The van der Waals surface area contributed by atoms with Crippen molar-refractivity contribution in [3.05, 3.63) is 64.7 Å². The van der Waals surface area contributed by atoms with E-state index in [4.69, 9.17) is 9.84 Å². The summed E-state index contributed by atoms with van der Waals surface area (Å²) in [6, 6.07) is 7.91. The van der Waals surface area contributed by atoms with E-state index in [2.05, 4.69) is 5.32 Å². The molecule has 1 amide bonds. The Balaban J connectivity index is 2.01. The lowest BCUT2D eigenvalue weighted by molar-refractivity contribution is -0.122. The lowest BCUT2D eigenvalue weighted by Crippen LogP contribution is -2.30. The van der Waals surface area contributed by atoms with Crippen LogP contribution in [-0.4, -0.2) is 30.6 Å². The minimum atomic E-state index is -1.07. The van der Waals surface area contributed by atoms with Gasteiger partial charge in [-0.05, 0) is 43.2 Å². The summed E-state index contributed by atoms with van der Waals surface area (Å²) in [7, 11) is 1.42. The number of nitrogens with one attached hydrogen (secondary N) is 1. The van der Waals surface area contributed by atoms with Crippen molar-refractivity contribution in [2.45, 2.75) is 19.3 Å². The molecule has 0 fully saturated rings. The molecule has 1 atom stereocenters. The number of halogens is 2. The van der Waals surface area contributed by atoms with Gasteiger partial charge in [0.25, 0.3) is 0 Å². The van der Waals surface area contributed by atoms with Crippen LogP contribution in [0.1, 0.15) is 34.3 Å². The summed E-state index contributed by atoms with van der Waals surface area (Å²) < 4.78 is 32.7. The quantitative estimate of drug-likeness (QED) is 0.792. The number of carbonyl (C=O) groups excluding carboxylic acids is 1. The average Bonchev–Trinajstić information content (AvgIpc) is 2.61. The Labute approximate surface area is 149 Å². The fourth-order valence-corrected chi connectivity index (χ4v) is 2.61. The molecule has 0 aromatic heterocycles. The van der Waals surface area contributed by atoms with Gasteiger partial charge in [0.15, 0.2) is 0 Å². The first-order valence-corrected chi connectivity index (χ1v) is 7.97. The predicted octanol–water partition coefficient (Wildman–Crippen LogP) is 3.13. The van der Waals surface area contributed by atoms with Crippen LogP contribution in [0, 0.1) is 11.6 Å². The minimum Gasteiger partial charge on any atom is -0.496 e. The predicted molar refractivity (Wildman–Crippen MR) is 91.4 cm³/mol. The molecule has 0 aliphatic rings. The molecule has 0 aliphatic carbocycles. The highest BCUT2D eigenvalue weighted by Crippen LogP contribution is 2.23. The molecular formula is C19H19F2NO4. The maximum absolute atomic E-state index is 13.8. The lowest BCUT2D eigenvalue weighted by atomic mass is 9.99. The summed E-state index contributed by atoms with van der Waals surface area (Å²) in [6.45, 7) is 1.64. The zero-order chi connectivity index (χ0) is 19.3. The SMILES string of the molecule is COc1cc(C(=O)O)ccc1CCNC(=O)C(C)c1c(F)cccc1F. The van der Waals surface area contributed by atoms with E-state index in [0.29, 0.717) is 17.7 Å².